The monoisotopic (exact) mass is 341 g/mol. The first-order valence-corrected chi connectivity index (χ1v) is 7.93. The minimum absolute atomic E-state index is 0.0613. The molecule has 2 heterocycles. The molecule has 2 N–H and O–H groups in total. The molecule has 1 aliphatic heterocycles. The zero-order valence-corrected chi connectivity index (χ0v) is 14.1. The average molecular weight is 341 g/mol. The molecule has 8 nitrogen and oxygen atoms in total. The molecular formula is C17H19N5O3. The minimum atomic E-state index is -0.538. The summed E-state index contributed by atoms with van der Waals surface area (Å²) in [5.74, 6) is -0.791. The van der Waals surface area contributed by atoms with Gasteiger partial charge in [0, 0.05) is 17.8 Å². The Morgan fingerprint density at radius 3 is 2.60 bits per heavy atom. The van der Waals surface area contributed by atoms with Gasteiger partial charge in [-0.3, -0.25) is 14.5 Å². The second-order valence-corrected chi connectivity index (χ2v) is 5.81. The Morgan fingerprint density at radius 1 is 1.24 bits per heavy atom. The summed E-state index contributed by atoms with van der Waals surface area (Å²) in [4.78, 5) is 35.9. The van der Waals surface area contributed by atoms with Gasteiger partial charge in [0.2, 0.25) is 5.91 Å². The summed E-state index contributed by atoms with van der Waals surface area (Å²) in [7, 11) is 0. The van der Waals surface area contributed by atoms with Gasteiger partial charge in [0.1, 0.15) is 6.54 Å². The number of rotatable bonds is 5. The van der Waals surface area contributed by atoms with E-state index in [2.05, 4.69) is 15.7 Å². The number of hydrogen-bond donors (Lipinski definition) is 2. The van der Waals surface area contributed by atoms with Crippen LogP contribution in [0.25, 0.3) is 5.69 Å². The van der Waals surface area contributed by atoms with E-state index in [1.807, 2.05) is 48.9 Å². The fourth-order valence-electron chi connectivity index (χ4n) is 2.75. The number of carbonyl (C=O) groups excluding carboxylic acids is 3. The van der Waals surface area contributed by atoms with Crippen LogP contribution in [0.4, 0.5) is 4.79 Å². The van der Waals surface area contributed by atoms with Crippen molar-refractivity contribution in [1.82, 2.24) is 25.3 Å². The van der Waals surface area contributed by atoms with E-state index in [1.165, 1.54) is 0 Å². The van der Waals surface area contributed by atoms with Crippen LogP contribution in [0.5, 0.6) is 0 Å². The summed E-state index contributed by atoms with van der Waals surface area (Å²) in [5, 5.41) is 9.65. The molecule has 1 aromatic heterocycles. The Hall–Kier alpha value is -3.16. The van der Waals surface area contributed by atoms with Gasteiger partial charge in [0.15, 0.2) is 0 Å². The lowest BCUT2D eigenvalue weighted by molar-refractivity contribution is -0.130. The van der Waals surface area contributed by atoms with Crippen molar-refractivity contribution in [2.45, 2.75) is 20.4 Å². The molecule has 0 radical (unpaired) electrons. The van der Waals surface area contributed by atoms with Gasteiger partial charge in [0.25, 0.3) is 5.91 Å². The quantitative estimate of drug-likeness (QED) is 0.781. The van der Waals surface area contributed by atoms with Gasteiger partial charge in [-0.05, 0) is 26.0 Å². The third-order valence-corrected chi connectivity index (χ3v) is 4.14. The van der Waals surface area contributed by atoms with Crippen LogP contribution in [0.3, 0.4) is 0 Å². The number of carbonyl (C=O) groups is 3. The van der Waals surface area contributed by atoms with Crippen molar-refractivity contribution in [3.63, 3.8) is 0 Å². The number of aryl methyl sites for hydroxylation is 1. The van der Waals surface area contributed by atoms with Crippen LogP contribution in [0.15, 0.2) is 30.3 Å². The molecular weight excluding hydrogens is 322 g/mol. The summed E-state index contributed by atoms with van der Waals surface area (Å²) in [6.45, 7) is 3.76. The molecule has 25 heavy (non-hydrogen) atoms. The van der Waals surface area contributed by atoms with Crippen molar-refractivity contribution in [3.8, 4) is 5.69 Å². The zero-order valence-electron chi connectivity index (χ0n) is 14.1. The summed E-state index contributed by atoms with van der Waals surface area (Å²) in [5.41, 5.74) is 3.60. The molecule has 0 aliphatic carbocycles. The highest BCUT2D eigenvalue weighted by Gasteiger charge is 2.30. The van der Waals surface area contributed by atoms with E-state index < -0.39 is 17.8 Å². The fraction of sp³-hybridized carbons (Fsp3) is 0.294. The second-order valence-electron chi connectivity index (χ2n) is 5.81. The SMILES string of the molecule is Cc1nn(-c2ccccc2)c(C)c1CNC(=O)CN1C(=O)CNC1=O. The number of para-hydroxylation sites is 1. The normalized spacial score (nSPS) is 13.9. The van der Waals surface area contributed by atoms with Gasteiger partial charge in [-0.1, -0.05) is 18.2 Å². The smallest absolute Gasteiger partial charge is 0.325 e. The Bertz CT molecular complexity index is 812. The lowest BCUT2D eigenvalue weighted by atomic mass is 10.2. The number of nitrogens with one attached hydrogen (secondary N) is 2. The maximum atomic E-state index is 12.1. The molecule has 2 aromatic rings. The van der Waals surface area contributed by atoms with Gasteiger partial charge < -0.3 is 10.6 Å². The third-order valence-electron chi connectivity index (χ3n) is 4.14. The molecule has 0 spiro atoms. The Kier molecular flexibility index (Phi) is 4.51. The maximum absolute atomic E-state index is 12.1. The van der Waals surface area contributed by atoms with Crippen molar-refractivity contribution in [1.29, 1.82) is 0 Å². The number of nitrogens with zero attached hydrogens (tertiary/aromatic N) is 3. The topological polar surface area (TPSA) is 96.3 Å². The van der Waals surface area contributed by atoms with Crippen molar-refractivity contribution in [2.24, 2.45) is 0 Å². The first kappa shape index (κ1) is 16.7. The van der Waals surface area contributed by atoms with Crippen molar-refractivity contribution >= 4 is 17.8 Å². The first-order valence-electron chi connectivity index (χ1n) is 7.93. The largest absolute Gasteiger partial charge is 0.350 e. The molecule has 1 aromatic carbocycles. The van der Waals surface area contributed by atoms with Crippen molar-refractivity contribution in [2.75, 3.05) is 13.1 Å². The third kappa shape index (κ3) is 3.37. The van der Waals surface area contributed by atoms with Crippen LogP contribution < -0.4 is 10.6 Å². The molecule has 1 saturated heterocycles. The highest BCUT2D eigenvalue weighted by molar-refractivity contribution is 6.04. The van der Waals surface area contributed by atoms with Gasteiger partial charge in [-0.2, -0.15) is 5.10 Å². The van der Waals surface area contributed by atoms with E-state index in [0.29, 0.717) is 0 Å². The number of urea groups is 1. The van der Waals surface area contributed by atoms with Gasteiger partial charge in [0.05, 0.1) is 17.9 Å². The highest BCUT2D eigenvalue weighted by Crippen LogP contribution is 2.17. The standard InChI is InChI=1S/C17H19N5O3/c1-11-14(12(2)22(20-11)13-6-4-3-5-7-13)8-18-15(23)10-21-16(24)9-19-17(21)25/h3-7H,8-10H2,1-2H3,(H,18,23)(H,19,25). The lowest BCUT2D eigenvalue weighted by Gasteiger charge is -2.12. The van der Waals surface area contributed by atoms with Crippen molar-refractivity contribution in [3.05, 3.63) is 47.3 Å². The molecule has 0 atom stereocenters. The van der Waals surface area contributed by atoms with E-state index in [9.17, 15) is 14.4 Å². The van der Waals surface area contributed by atoms with Crippen LogP contribution in [0, 0.1) is 13.8 Å². The van der Waals surface area contributed by atoms with E-state index in [-0.39, 0.29) is 19.6 Å². The Morgan fingerprint density at radius 2 is 1.96 bits per heavy atom. The number of aromatic nitrogens is 2. The van der Waals surface area contributed by atoms with Crippen LogP contribution in [-0.2, 0) is 16.1 Å². The zero-order chi connectivity index (χ0) is 18.0. The van der Waals surface area contributed by atoms with E-state index >= 15 is 0 Å². The number of hydrogen-bond acceptors (Lipinski definition) is 4. The molecule has 4 amide bonds. The average Bonchev–Trinajstić information content (AvgIpc) is 3.07. The first-order chi connectivity index (χ1) is 12.0. The van der Waals surface area contributed by atoms with Crippen molar-refractivity contribution < 1.29 is 14.4 Å². The van der Waals surface area contributed by atoms with Crippen LogP contribution >= 0.6 is 0 Å². The van der Waals surface area contributed by atoms with Crippen LogP contribution in [-0.4, -0.2) is 45.6 Å². The van der Waals surface area contributed by atoms with Crippen LogP contribution in [0.2, 0.25) is 0 Å². The van der Waals surface area contributed by atoms with E-state index in [1.54, 1.807) is 0 Å². The maximum Gasteiger partial charge on any atom is 0.325 e. The molecule has 0 bridgehead atoms. The van der Waals surface area contributed by atoms with Crippen LogP contribution in [0.1, 0.15) is 17.0 Å². The predicted molar refractivity (Wildman–Crippen MR) is 90.0 cm³/mol. The molecule has 0 unspecified atom stereocenters. The molecule has 1 aliphatic rings. The molecule has 130 valence electrons. The summed E-state index contributed by atoms with van der Waals surface area (Å²) >= 11 is 0. The highest BCUT2D eigenvalue weighted by atomic mass is 16.2. The minimum Gasteiger partial charge on any atom is -0.350 e. The van der Waals surface area contributed by atoms with Gasteiger partial charge >= 0.3 is 6.03 Å². The summed E-state index contributed by atoms with van der Waals surface area (Å²) in [6, 6.07) is 9.19. The number of imide groups is 1. The van der Waals surface area contributed by atoms with E-state index in [0.717, 1.165) is 27.5 Å². The Balaban J connectivity index is 1.67. The number of amides is 4. The predicted octanol–water partition coefficient (Wildman–Crippen LogP) is 0.657. The van der Waals surface area contributed by atoms with Gasteiger partial charge in [-0.15, -0.1) is 0 Å². The summed E-state index contributed by atoms with van der Waals surface area (Å²) in [6.07, 6.45) is 0. The summed E-state index contributed by atoms with van der Waals surface area (Å²) < 4.78 is 1.83. The molecule has 3 rings (SSSR count). The lowest BCUT2D eigenvalue weighted by Crippen LogP contribution is -2.40. The fourth-order valence-corrected chi connectivity index (χ4v) is 2.75. The van der Waals surface area contributed by atoms with E-state index in [4.69, 9.17) is 0 Å². The van der Waals surface area contributed by atoms with Gasteiger partial charge in [-0.25, -0.2) is 9.48 Å². The molecule has 0 saturated carbocycles. The Labute approximate surface area is 144 Å². The number of benzene rings is 1. The molecule has 8 heteroatoms. The second kappa shape index (κ2) is 6.76. The molecule has 1 fully saturated rings.